The molecule has 5 nitrogen and oxygen atoms in total. The summed E-state index contributed by atoms with van der Waals surface area (Å²) in [6.45, 7) is 4.19. The fourth-order valence-electron chi connectivity index (χ4n) is 3.39. The molecule has 1 amide bonds. The number of hydrogen-bond acceptors (Lipinski definition) is 3. The Morgan fingerprint density at radius 3 is 2.47 bits per heavy atom. The SMILES string of the molecule is CC1(C)[C@H](C(=O)O)[C@@H]1C(=O)NCC1CCCC(O)C1. The van der Waals surface area contributed by atoms with Gasteiger partial charge in [-0.1, -0.05) is 20.3 Å². The van der Waals surface area contributed by atoms with E-state index in [1.165, 1.54) is 0 Å². The molecule has 2 aliphatic rings. The van der Waals surface area contributed by atoms with E-state index in [0.717, 1.165) is 25.7 Å². The topological polar surface area (TPSA) is 86.6 Å². The van der Waals surface area contributed by atoms with Gasteiger partial charge in [0.2, 0.25) is 5.91 Å². The van der Waals surface area contributed by atoms with Crippen molar-refractivity contribution in [1.29, 1.82) is 0 Å². The molecule has 2 aliphatic carbocycles. The van der Waals surface area contributed by atoms with Crippen molar-refractivity contribution >= 4 is 11.9 Å². The van der Waals surface area contributed by atoms with Gasteiger partial charge in [0.25, 0.3) is 0 Å². The highest BCUT2D eigenvalue weighted by molar-refractivity contribution is 5.91. The van der Waals surface area contributed by atoms with Crippen LogP contribution < -0.4 is 5.32 Å². The van der Waals surface area contributed by atoms with E-state index in [9.17, 15) is 14.7 Å². The summed E-state index contributed by atoms with van der Waals surface area (Å²) in [5.74, 6) is -1.71. The van der Waals surface area contributed by atoms with Crippen molar-refractivity contribution in [3.05, 3.63) is 0 Å². The quantitative estimate of drug-likeness (QED) is 0.711. The van der Waals surface area contributed by atoms with Crippen LogP contribution in [0.25, 0.3) is 0 Å². The number of carbonyl (C=O) groups excluding carboxylic acids is 1. The molecule has 4 atom stereocenters. The molecule has 0 aromatic carbocycles. The number of aliphatic hydroxyl groups excluding tert-OH is 1. The minimum Gasteiger partial charge on any atom is -0.481 e. The third kappa shape index (κ3) is 2.91. The number of carboxylic acids is 1. The first-order valence-electron chi connectivity index (χ1n) is 7.02. The van der Waals surface area contributed by atoms with Crippen LogP contribution in [0.2, 0.25) is 0 Å². The van der Waals surface area contributed by atoms with Gasteiger partial charge in [-0.05, 0) is 30.6 Å². The lowest BCUT2D eigenvalue weighted by Crippen LogP contribution is -2.34. The molecule has 2 unspecified atom stereocenters. The van der Waals surface area contributed by atoms with Crippen molar-refractivity contribution in [2.75, 3.05) is 6.54 Å². The minimum atomic E-state index is -0.891. The highest BCUT2D eigenvalue weighted by Crippen LogP contribution is 2.58. The Bertz CT molecular complexity index is 380. The smallest absolute Gasteiger partial charge is 0.307 e. The van der Waals surface area contributed by atoms with E-state index < -0.39 is 23.2 Å². The van der Waals surface area contributed by atoms with Gasteiger partial charge >= 0.3 is 5.97 Å². The number of carbonyl (C=O) groups is 2. The second kappa shape index (κ2) is 5.12. The molecule has 0 radical (unpaired) electrons. The fraction of sp³-hybridized carbons (Fsp3) is 0.857. The summed E-state index contributed by atoms with van der Waals surface area (Å²) in [5.41, 5.74) is -0.442. The van der Waals surface area contributed by atoms with Crippen molar-refractivity contribution in [2.45, 2.75) is 45.6 Å². The molecular formula is C14H23NO4. The first-order valence-corrected chi connectivity index (χ1v) is 7.02. The maximum Gasteiger partial charge on any atom is 0.307 e. The van der Waals surface area contributed by atoms with Crippen molar-refractivity contribution in [1.82, 2.24) is 5.32 Å². The monoisotopic (exact) mass is 269 g/mol. The molecule has 0 aromatic rings. The van der Waals surface area contributed by atoms with Gasteiger partial charge in [0.15, 0.2) is 0 Å². The van der Waals surface area contributed by atoms with Gasteiger partial charge in [0.05, 0.1) is 17.9 Å². The Labute approximate surface area is 113 Å². The van der Waals surface area contributed by atoms with Crippen LogP contribution in [-0.2, 0) is 9.59 Å². The van der Waals surface area contributed by atoms with E-state index in [0.29, 0.717) is 12.5 Å². The summed E-state index contributed by atoms with van der Waals surface area (Å²) >= 11 is 0. The lowest BCUT2D eigenvalue weighted by atomic mass is 9.87. The number of aliphatic hydroxyl groups is 1. The molecule has 2 saturated carbocycles. The normalized spacial score (nSPS) is 36.6. The van der Waals surface area contributed by atoms with Crippen LogP contribution in [0.1, 0.15) is 39.5 Å². The Hall–Kier alpha value is -1.10. The van der Waals surface area contributed by atoms with Crippen LogP contribution in [0, 0.1) is 23.2 Å². The average molecular weight is 269 g/mol. The molecule has 0 aromatic heterocycles. The highest BCUT2D eigenvalue weighted by Gasteiger charge is 2.65. The van der Waals surface area contributed by atoms with Crippen LogP contribution in [0.5, 0.6) is 0 Å². The predicted molar refractivity (Wildman–Crippen MR) is 69.4 cm³/mol. The number of carboxylic acid groups (broad SMARTS) is 1. The van der Waals surface area contributed by atoms with Gasteiger partial charge in [-0.15, -0.1) is 0 Å². The molecule has 3 N–H and O–H groups in total. The molecule has 0 bridgehead atoms. The number of hydrogen-bond donors (Lipinski definition) is 3. The summed E-state index contributed by atoms with van der Waals surface area (Å²) in [6, 6.07) is 0. The molecule has 5 heteroatoms. The third-order valence-corrected chi connectivity index (χ3v) is 4.70. The first kappa shape index (κ1) is 14.3. The molecule has 0 heterocycles. The summed E-state index contributed by atoms with van der Waals surface area (Å²) in [4.78, 5) is 23.1. The van der Waals surface area contributed by atoms with Gasteiger partial charge < -0.3 is 15.5 Å². The van der Waals surface area contributed by atoms with Crippen LogP contribution in [0.3, 0.4) is 0 Å². The second-order valence-corrected chi connectivity index (χ2v) is 6.55. The summed E-state index contributed by atoms with van der Waals surface area (Å²) < 4.78 is 0. The molecule has 19 heavy (non-hydrogen) atoms. The molecule has 2 rings (SSSR count). The number of amides is 1. The van der Waals surface area contributed by atoms with Crippen LogP contribution in [-0.4, -0.2) is 34.7 Å². The van der Waals surface area contributed by atoms with Gasteiger partial charge in [0.1, 0.15) is 0 Å². The third-order valence-electron chi connectivity index (χ3n) is 4.70. The zero-order valence-corrected chi connectivity index (χ0v) is 11.6. The second-order valence-electron chi connectivity index (χ2n) is 6.55. The van der Waals surface area contributed by atoms with E-state index in [2.05, 4.69) is 5.32 Å². The van der Waals surface area contributed by atoms with E-state index in [4.69, 9.17) is 5.11 Å². The van der Waals surface area contributed by atoms with Gasteiger partial charge in [-0.3, -0.25) is 9.59 Å². The van der Waals surface area contributed by atoms with E-state index in [-0.39, 0.29) is 12.0 Å². The maximum atomic E-state index is 12.0. The van der Waals surface area contributed by atoms with E-state index in [1.807, 2.05) is 13.8 Å². The highest BCUT2D eigenvalue weighted by atomic mass is 16.4. The van der Waals surface area contributed by atoms with Crippen LogP contribution in [0.4, 0.5) is 0 Å². The fourth-order valence-corrected chi connectivity index (χ4v) is 3.39. The average Bonchev–Trinajstić information content (AvgIpc) is 2.90. The molecule has 0 aliphatic heterocycles. The summed E-state index contributed by atoms with van der Waals surface area (Å²) in [7, 11) is 0. The van der Waals surface area contributed by atoms with Crippen LogP contribution >= 0.6 is 0 Å². The Kier molecular flexibility index (Phi) is 3.85. The number of rotatable bonds is 4. The van der Waals surface area contributed by atoms with Crippen LogP contribution in [0.15, 0.2) is 0 Å². The summed E-state index contributed by atoms with van der Waals surface area (Å²) in [6.07, 6.45) is 3.35. The van der Waals surface area contributed by atoms with E-state index in [1.54, 1.807) is 0 Å². The lowest BCUT2D eigenvalue weighted by Gasteiger charge is -2.26. The Balaban J connectivity index is 1.81. The zero-order chi connectivity index (χ0) is 14.2. The molecule has 2 fully saturated rings. The minimum absolute atomic E-state index is 0.155. The lowest BCUT2D eigenvalue weighted by molar-refractivity contribution is -0.140. The van der Waals surface area contributed by atoms with Gasteiger partial charge in [-0.2, -0.15) is 0 Å². The number of nitrogens with one attached hydrogen (secondary N) is 1. The molecule has 0 saturated heterocycles. The first-order chi connectivity index (χ1) is 8.84. The van der Waals surface area contributed by atoms with Crippen molar-refractivity contribution in [3.8, 4) is 0 Å². The molecule has 108 valence electrons. The largest absolute Gasteiger partial charge is 0.481 e. The Morgan fingerprint density at radius 1 is 1.26 bits per heavy atom. The maximum absolute atomic E-state index is 12.0. The predicted octanol–water partition coefficient (Wildman–Crippen LogP) is 1.01. The Morgan fingerprint density at radius 2 is 1.95 bits per heavy atom. The van der Waals surface area contributed by atoms with Gasteiger partial charge in [-0.25, -0.2) is 0 Å². The van der Waals surface area contributed by atoms with Crippen molar-refractivity contribution in [2.24, 2.45) is 23.2 Å². The van der Waals surface area contributed by atoms with Gasteiger partial charge in [0, 0.05) is 6.54 Å². The zero-order valence-electron chi connectivity index (χ0n) is 11.6. The van der Waals surface area contributed by atoms with E-state index >= 15 is 0 Å². The molecule has 0 spiro atoms. The summed E-state index contributed by atoms with van der Waals surface area (Å²) in [5, 5.41) is 21.5. The van der Waals surface area contributed by atoms with Crippen molar-refractivity contribution in [3.63, 3.8) is 0 Å². The standard InChI is InChI=1S/C14H23NO4/c1-14(2)10(11(14)13(18)19)12(17)15-7-8-4-3-5-9(16)6-8/h8-11,16H,3-7H2,1-2H3,(H,15,17)(H,18,19)/t8?,9?,10-,11+/m1/s1. The molecular weight excluding hydrogens is 246 g/mol. The van der Waals surface area contributed by atoms with Crippen molar-refractivity contribution < 1.29 is 19.8 Å². The number of aliphatic carboxylic acids is 1.